The number of nitrogen functional groups attached to an aromatic ring is 1. The molecule has 94 valence electrons. The first kappa shape index (κ1) is 13.4. The molecule has 1 aromatic rings. The van der Waals surface area contributed by atoms with E-state index in [0.717, 1.165) is 24.0 Å². The summed E-state index contributed by atoms with van der Waals surface area (Å²) >= 11 is 0. The van der Waals surface area contributed by atoms with Crippen molar-refractivity contribution in [1.82, 2.24) is 5.32 Å². The van der Waals surface area contributed by atoms with Crippen LogP contribution in [-0.4, -0.2) is 12.6 Å². The Hall–Kier alpha value is -1.71. The van der Waals surface area contributed by atoms with Gasteiger partial charge in [0.25, 0.3) is 0 Å². The number of carbonyl (C=O) groups excluding carboxylic acids is 1. The van der Waals surface area contributed by atoms with Crippen molar-refractivity contribution in [3.63, 3.8) is 0 Å². The molecule has 3 N–H and O–H groups in total. The molecule has 0 atom stereocenters. The molecule has 0 bridgehead atoms. The smallest absolute Gasteiger partial charge is 0.407 e. The molecule has 4 heteroatoms. The lowest BCUT2D eigenvalue weighted by atomic mass is 10.1. The van der Waals surface area contributed by atoms with Gasteiger partial charge in [0.05, 0.1) is 0 Å². The Morgan fingerprint density at radius 3 is 2.82 bits per heavy atom. The minimum atomic E-state index is -0.376. The van der Waals surface area contributed by atoms with Crippen LogP contribution in [0.4, 0.5) is 10.5 Å². The van der Waals surface area contributed by atoms with E-state index in [-0.39, 0.29) is 12.7 Å². The third kappa shape index (κ3) is 5.24. The zero-order chi connectivity index (χ0) is 12.7. The minimum absolute atomic E-state index is 0.254. The van der Waals surface area contributed by atoms with Crippen molar-refractivity contribution in [2.75, 3.05) is 12.3 Å². The third-order valence-electron chi connectivity index (χ3n) is 2.33. The highest BCUT2D eigenvalue weighted by Gasteiger charge is 2.02. The number of nitrogens with one attached hydrogen (secondary N) is 1. The Kier molecular flexibility index (Phi) is 5.33. The van der Waals surface area contributed by atoms with E-state index in [2.05, 4.69) is 12.2 Å². The number of amides is 1. The van der Waals surface area contributed by atoms with Crippen molar-refractivity contribution in [1.29, 1.82) is 0 Å². The number of unbranched alkanes of at least 4 members (excludes halogenated alkanes) is 1. The normalized spacial score (nSPS) is 10.0. The van der Waals surface area contributed by atoms with Gasteiger partial charge >= 0.3 is 6.09 Å². The molecular weight excluding hydrogens is 216 g/mol. The van der Waals surface area contributed by atoms with Gasteiger partial charge in [-0.3, -0.25) is 0 Å². The van der Waals surface area contributed by atoms with Gasteiger partial charge in [0.1, 0.15) is 6.61 Å². The molecule has 0 heterocycles. The second-order valence-corrected chi connectivity index (χ2v) is 4.11. The number of rotatable bonds is 5. The Labute approximate surface area is 102 Å². The average Bonchev–Trinajstić information content (AvgIpc) is 2.25. The summed E-state index contributed by atoms with van der Waals surface area (Å²) in [5.74, 6) is 0. The molecule has 1 amide bonds. The highest BCUT2D eigenvalue weighted by Crippen LogP contribution is 2.12. The maximum atomic E-state index is 11.3. The number of aryl methyl sites for hydroxylation is 1. The van der Waals surface area contributed by atoms with Crippen LogP contribution in [0.25, 0.3) is 0 Å². The van der Waals surface area contributed by atoms with Gasteiger partial charge < -0.3 is 15.8 Å². The van der Waals surface area contributed by atoms with E-state index >= 15 is 0 Å². The number of hydrogen-bond donors (Lipinski definition) is 2. The van der Waals surface area contributed by atoms with Crippen LogP contribution in [0, 0.1) is 6.92 Å². The van der Waals surface area contributed by atoms with Crippen LogP contribution in [0.1, 0.15) is 30.9 Å². The molecule has 0 radical (unpaired) electrons. The van der Waals surface area contributed by atoms with Gasteiger partial charge in [-0.1, -0.05) is 19.4 Å². The van der Waals surface area contributed by atoms with Crippen molar-refractivity contribution in [3.05, 3.63) is 29.3 Å². The van der Waals surface area contributed by atoms with Gasteiger partial charge in [0, 0.05) is 12.2 Å². The average molecular weight is 236 g/mol. The molecule has 0 unspecified atom stereocenters. The SMILES string of the molecule is CCCCNC(=O)OCc1cc(C)cc(N)c1. The highest BCUT2D eigenvalue weighted by atomic mass is 16.5. The number of nitrogens with two attached hydrogens (primary N) is 1. The molecule has 0 fully saturated rings. The summed E-state index contributed by atoms with van der Waals surface area (Å²) in [6, 6.07) is 5.65. The molecular formula is C13H20N2O2. The summed E-state index contributed by atoms with van der Waals surface area (Å²) in [5.41, 5.74) is 8.37. The van der Waals surface area contributed by atoms with Crippen LogP contribution in [0.15, 0.2) is 18.2 Å². The number of alkyl carbamates (subject to hydrolysis) is 1. The molecule has 1 rings (SSSR count). The van der Waals surface area contributed by atoms with E-state index in [9.17, 15) is 4.79 Å². The fraction of sp³-hybridized carbons (Fsp3) is 0.462. The number of benzene rings is 1. The standard InChI is InChI=1S/C13H20N2O2/c1-3-4-5-15-13(16)17-9-11-6-10(2)7-12(14)8-11/h6-8H,3-5,9,14H2,1-2H3,(H,15,16). The van der Waals surface area contributed by atoms with Crippen LogP contribution in [-0.2, 0) is 11.3 Å². The lowest BCUT2D eigenvalue weighted by molar-refractivity contribution is 0.139. The number of hydrogen-bond acceptors (Lipinski definition) is 3. The molecule has 0 saturated carbocycles. The topological polar surface area (TPSA) is 64.3 Å². The maximum absolute atomic E-state index is 11.3. The summed E-state index contributed by atoms with van der Waals surface area (Å²) in [6.07, 6.45) is 1.64. The largest absolute Gasteiger partial charge is 0.445 e. The predicted molar refractivity (Wildman–Crippen MR) is 68.7 cm³/mol. The molecule has 0 aliphatic carbocycles. The lowest BCUT2D eigenvalue weighted by Gasteiger charge is -2.08. The molecule has 4 nitrogen and oxygen atoms in total. The summed E-state index contributed by atoms with van der Waals surface area (Å²) < 4.78 is 5.08. The second kappa shape index (κ2) is 6.78. The second-order valence-electron chi connectivity index (χ2n) is 4.11. The molecule has 17 heavy (non-hydrogen) atoms. The number of ether oxygens (including phenoxy) is 1. The Morgan fingerprint density at radius 1 is 1.41 bits per heavy atom. The van der Waals surface area contributed by atoms with Crippen LogP contribution in [0.2, 0.25) is 0 Å². The first-order valence-corrected chi connectivity index (χ1v) is 5.88. The first-order chi connectivity index (χ1) is 8.11. The fourth-order valence-electron chi connectivity index (χ4n) is 1.54. The van der Waals surface area contributed by atoms with Crippen LogP contribution < -0.4 is 11.1 Å². The van der Waals surface area contributed by atoms with Crippen molar-refractivity contribution >= 4 is 11.8 Å². The van der Waals surface area contributed by atoms with E-state index in [1.54, 1.807) is 0 Å². The molecule has 1 aromatic carbocycles. The summed E-state index contributed by atoms with van der Waals surface area (Å²) in [5, 5.41) is 2.69. The number of carbonyl (C=O) groups is 1. The van der Waals surface area contributed by atoms with Crippen molar-refractivity contribution < 1.29 is 9.53 Å². The van der Waals surface area contributed by atoms with Crippen LogP contribution >= 0.6 is 0 Å². The van der Waals surface area contributed by atoms with Gasteiger partial charge in [-0.25, -0.2) is 4.79 Å². The molecule has 0 aromatic heterocycles. The minimum Gasteiger partial charge on any atom is -0.445 e. The van der Waals surface area contributed by atoms with Gasteiger partial charge in [-0.15, -0.1) is 0 Å². The van der Waals surface area contributed by atoms with Gasteiger partial charge in [-0.2, -0.15) is 0 Å². The Bertz CT molecular complexity index is 357. The van der Waals surface area contributed by atoms with Crippen molar-refractivity contribution in [2.45, 2.75) is 33.3 Å². The fourth-order valence-corrected chi connectivity index (χ4v) is 1.54. The van der Waals surface area contributed by atoms with Crippen LogP contribution in [0.5, 0.6) is 0 Å². The lowest BCUT2D eigenvalue weighted by Crippen LogP contribution is -2.25. The Balaban J connectivity index is 2.36. The number of anilines is 1. The third-order valence-corrected chi connectivity index (χ3v) is 2.33. The summed E-state index contributed by atoms with van der Waals surface area (Å²) in [6.45, 7) is 4.94. The van der Waals surface area contributed by atoms with Crippen molar-refractivity contribution in [2.24, 2.45) is 0 Å². The summed E-state index contributed by atoms with van der Waals surface area (Å²) in [4.78, 5) is 11.3. The van der Waals surface area contributed by atoms with Crippen LogP contribution in [0.3, 0.4) is 0 Å². The molecule has 0 spiro atoms. The van der Waals surface area contributed by atoms with E-state index in [1.165, 1.54) is 0 Å². The zero-order valence-corrected chi connectivity index (χ0v) is 10.5. The first-order valence-electron chi connectivity index (χ1n) is 5.88. The molecule has 0 saturated heterocycles. The van der Waals surface area contributed by atoms with Gasteiger partial charge in [0.2, 0.25) is 0 Å². The van der Waals surface area contributed by atoms with E-state index < -0.39 is 0 Å². The van der Waals surface area contributed by atoms with Gasteiger partial charge in [-0.05, 0) is 36.6 Å². The molecule has 0 aliphatic heterocycles. The monoisotopic (exact) mass is 236 g/mol. The van der Waals surface area contributed by atoms with Crippen molar-refractivity contribution in [3.8, 4) is 0 Å². The van der Waals surface area contributed by atoms with E-state index in [1.807, 2.05) is 25.1 Å². The highest BCUT2D eigenvalue weighted by molar-refractivity contribution is 5.67. The van der Waals surface area contributed by atoms with E-state index in [4.69, 9.17) is 10.5 Å². The predicted octanol–water partition coefficient (Wildman–Crippen LogP) is 2.60. The summed E-state index contributed by atoms with van der Waals surface area (Å²) in [7, 11) is 0. The molecule has 0 aliphatic rings. The maximum Gasteiger partial charge on any atom is 0.407 e. The van der Waals surface area contributed by atoms with E-state index in [0.29, 0.717) is 12.2 Å². The zero-order valence-electron chi connectivity index (χ0n) is 10.5. The Morgan fingerprint density at radius 2 is 2.18 bits per heavy atom. The van der Waals surface area contributed by atoms with Gasteiger partial charge in [0.15, 0.2) is 0 Å². The quantitative estimate of drug-likeness (QED) is 0.610.